The molecule has 0 unspecified atom stereocenters. The second kappa shape index (κ2) is 7.98. The lowest BCUT2D eigenvalue weighted by atomic mass is 9.44. The van der Waals surface area contributed by atoms with Gasteiger partial charge < -0.3 is 19.8 Å². The highest BCUT2D eigenvalue weighted by Gasteiger charge is 2.75. The zero-order valence-corrected chi connectivity index (χ0v) is 20.6. The molecule has 0 spiro atoms. The van der Waals surface area contributed by atoms with Crippen LogP contribution in [0.1, 0.15) is 53.4 Å². The summed E-state index contributed by atoms with van der Waals surface area (Å²) in [6.45, 7) is 6.87. The molecule has 1 amide bonds. The first kappa shape index (κ1) is 25.0. The second-order valence-corrected chi connectivity index (χ2v) is 11.2. The minimum atomic E-state index is -2.03. The van der Waals surface area contributed by atoms with Crippen molar-refractivity contribution >= 4 is 17.7 Å². The molecule has 2 N–H and O–H groups in total. The number of nitrogens with zero attached hydrogens (tertiary/aromatic N) is 1. The Morgan fingerprint density at radius 3 is 2.62 bits per heavy atom. The van der Waals surface area contributed by atoms with Gasteiger partial charge in [-0.25, -0.2) is 9.18 Å². The highest BCUT2D eigenvalue weighted by atomic mass is 19.1. The SMILES string of the molecule is CCN(C)C(=O)OCC(=O)[C@@]1(O)[C@H](C)C[C@H]2[C@@H]3CCC4=CC(=O)C=C[C@]4(C)[C@@]3(F)[C@@H](O)C[C@@]21C. The highest BCUT2D eigenvalue weighted by molar-refractivity contribution is 6.01. The summed E-state index contributed by atoms with van der Waals surface area (Å²) in [5.74, 6) is -2.25. The first-order valence-electron chi connectivity index (χ1n) is 12.2. The van der Waals surface area contributed by atoms with E-state index in [0.29, 0.717) is 31.4 Å². The number of halogens is 1. The van der Waals surface area contributed by atoms with Crippen LogP contribution in [0.4, 0.5) is 9.18 Å². The molecule has 0 radical (unpaired) electrons. The number of rotatable bonds is 4. The maximum absolute atomic E-state index is 17.1. The number of alkyl halides is 1. The van der Waals surface area contributed by atoms with E-state index in [1.807, 2.05) is 0 Å². The van der Waals surface area contributed by atoms with Gasteiger partial charge in [0.1, 0.15) is 5.60 Å². The van der Waals surface area contributed by atoms with Gasteiger partial charge in [-0.2, -0.15) is 0 Å². The number of fused-ring (bicyclic) bond motifs is 5. The summed E-state index contributed by atoms with van der Waals surface area (Å²) in [4.78, 5) is 38.7. The number of aliphatic hydroxyl groups excluding tert-OH is 1. The van der Waals surface area contributed by atoms with Crippen molar-refractivity contribution < 1.29 is 33.7 Å². The van der Waals surface area contributed by atoms with E-state index in [9.17, 15) is 24.6 Å². The average Bonchev–Trinajstić information content (AvgIpc) is 2.99. The molecule has 4 aliphatic rings. The van der Waals surface area contributed by atoms with Crippen LogP contribution in [0.5, 0.6) is 0 Å². The summed E-state index contributed by atoms with van der Waals surface area (Å²) in [6.07, 6.45) is 3.59. The summed E-state index contributed by atoms with van der Waals surface area (Å²) in [6, 6.07) is 0. The van der Waals surface area contributed by atoms with Gasteiger partial charge in [0.15, 0.2) is 18.1 Å². The molecule has 3 saturated carbocycles. The molecule has 0 heterocycles. The minimum absolute atomic E-state index is 0.106. The van der Waals surface area contributed by atoms with Gasteiger partial charge >= 0.3 is 6.09 Å². The molecule has 3 fully saturated rings. The number of amides is 1. The molecule has 0 aromatic carbocycles. The van der Waals surface area contributed by atoms with E-state index >= 15 is 4.39 Å². The first-order valence-corrected chi connectivity index (χ1v) is 12.2. The molecule has 8 atom stereocenters. The third-order valence-electron chi connectivity index (χ3n) is 9.76. The lowest BCUT2D eigenvalue weighted by Crippen LogP contribution is -2.69. The summed E-state index contributed by atoms with van der Waals surface area (Å²) in [5, 5.41) is 23.2. The molecule has 0 saturated heterocycles. The van der Waals surface area contributed by atoms with Gasteiger partial charge in [-0.15, -0.1) is 0 Å². The number of aliphatic hydroxyl groups is 2. The fourth-order valence-electron chi connectivity index (χ4n) is 7.62. The van der Waals surface area contributed by atoms with E-state index in [1.54, 1.807) is 40.8 Å². The number of carbonyl (C=O) groups is 3. The Labute approximate surface area is 200 Å². The second-order valence-electron chi connectivity index (χ2n) is 11.2. The van der Waals surface area contributed by atoms with Crippen molar-refractivity contribution in [2.24, 2.45) is 28.6 Å². The number of ether oxygens (including phenoxy) is 1. The van der Waals surface area contributed by atoms with Crippen LogP contribution < -0.4 is 0 Å². The Morgan fingerprint density at radius 2 is 1.97 bits per heavy atom. The molecule has 0 bridgehead atoms. The Hall–Kier alpha value is -2.06. The summed E-state index contributed by atoms with van der Waals surface area (Å²) in [5.41, 5.74) is -5.41. The van der Waals surface area contributed by atoms with Gasteiger partial charge in [0.05, 0.1) is 6.10 Å². The third kappa shape index (κ3) is 3.03. The van der Waals surface area contributed by atoms with Crippen LogP contribution in [-0.2, 0) is 14.3 Å². The minimum Gasteiger partial charge on any atom is -0.441 e. The largest absolute Gasteiger partial charge is 0.441 e. The molecule has 34 heavy (non-hydrogen) atoms. The standard InChI is InChI=1S/C26H36FNO6/c1-6-28(5)22(32)34-14-21(31)26(33)15(2)11-19-18-8-7-16-12-17(29)9-10-23(16,3)25(18,27)20(30)13-24(19,26)4/h9-10,12,15,18-20,30,33H,6-8,11,13-14H2,1-5H3/t15-,18+,19+,20+,23+,24+,25+,26+/m1/s1. The summed E-state index contributed by atoms with van der Waals surface area (Å²) >= 11 is 0. The van der Waals surface area contributed by atoms with Crippen LogP contribution in [0.15, 0.2) is 23.8 Å². The van der Waals surface area contributed by atoms with Crippen LogP contribution in [0.25, 0.3) is 0 Å². The molecule has 0 aliphatic heterocycles. The Kier molecular flexibility index (Phi) is 5.88. The maximum Gasteiger partial charge on any atom is 0.409 e. The quantitative estimate of drug-likeness (QED) is 0.645. The van der Waals surface area contributed by atoms with Crippen LogP contribution in [0.3, 0.4) is 0 Å². The molecule has 188 valence electrons. The lowest BCUT2D eigenvalue weighted by molar-refractivity contribution is -0.219. The van der Waals surface area contributed by atoms with E-state index in [4.69, 9.17) is 4.74 Å². The number of Topliss-reactive ketones (excluding diaryl/α,β-unsaturated/α-hetero) is 1. The smallest absolute Gasteiger partial charge is 0.409 e. The zero-order valence-electron chi connectivity index (χ0n) is 20.6. The van der Waals surface area contributed by atoms with Gasteiger partial charge in [-0.3, -0.25) is 9.59 Å². The molecule has 4 aliphatic carbocycles. The van der Waals surface area contributed by atoms with Crippen LogP contribution in [0, 0.1) is 28.6 Å². The van der Waals surface area contributed by atoms with Gasteiger partial charge in [0.2, 0.25) is 5.78 Å². The van der Waals surface area contributed by atoms with Crippen molar-refractivity contribution in [3.05, 3.63) is 23.8 Å². The Morgan fingerprint density at radius 1 is 1.29 bits per heavy atom. The van der Waals surface area contributed by atoms with Crippen molar-refractivity contribution in [2.45, 2.75) is 70.8 Å². The summed E-state index contributed by atoms with van der Waals surface area (Å²) in [7, 11) is 1.55. The number of carbonyl (C=O) groups excluding carboxylic acids is 3. The van der Waals surface area contributed by atoms with Gasteiger partial charge in [-0.1, -0.05) is 25.5 Å². The fourth-order valence-corrected chi connectivity index (χ4v) is 7.62. The van der Waals surface area contributed by atoms with E-state index in [1.165, 1.54) is 17.1 Å². The molecule has 7 nitrogen and oxygen atoms in total. The van der Waals surface area contributed by atoms with Crippen molar-refractivity contribution in [2.75, 3.05) is 20.2 Å². The van der Waals surface area contributed by atoms with Gasteiger partial charge in [0, 0.05) is 30.3 Å². The predicted molar refractivity (Wildman–Crippen MR) is 123 cm³/mol. The third-order valence-corrected chi connectivity index (χ3v) is 9.76. The predicted octanol–water partition coefficient (Wildman–Crippen LogP) is 2.99. The molecule has 0 aromatic heterocycles. The molecule has 8 heteroatoms. The monoisotopic (exact) mass is 477 g/mol. The number of ketones is 2. The van der Waals surface area contributed by atoms with Crippen LogP contribution in [0.2, 0.25) is 0 Å². The fraction of sp³-hybridized carbons (Fsp3) is 0.731. The molecular formula is C26H36FNO6. The van der Waals surface area contributed by atoms with E-state index in [0.717, 1.165) is 0 Å². The average molecular weight is 478 g/mol. The zero-order chi connectivity index (χ0) is 25.3. The molecule has 4 rings (SSSR count). The van der Waals surface area contributed by atoms with Crippen LogP contribution >= 0.6 is 0 Å². The molecule has 0 aromatic rings. The van der Waals surface area contributed by atoms with E-state index in [-0.39, 0.29) is 18.1 Å². The highest BCUT2D eigenvalue weighted by Crippen LogP contribution is 2.70. The lowest BCUT2D eigenvalue weighted by Gasteiger charge is -2.62. The van der Waals surface area contributed by atoms with E-state index in [2.05, 4.69) is 0 Å². The van der Waals surface area contributed by atoms with Crippen molar-refractivity contribution in [1.29, 1.82) is 0 Å². The van der Waals surface area contributed by atoms with Crippen molar-refractivity contribution in [1.82, 2.24) is 4.90 Å². The number of hydrogen-bond donors (Lipinski definition) is 2. The van der Waals surface area contributed by atoms with Crippen molar-refractivity contribution in [3.8, 4) is 0 Å². The first-order chi connectivity index (χ1) is 15.8. The molecular weight excluding hydrogens is 441 g/mol. The number of allylic oxidation sites excluding steroid dienone is 4. The summed E-state index contributed by atoms with van der Waals surface area (Å²) < 4.78 is 22.3. The maximum atomic E-state index is 17.1. The topological polar surface area (TPSA) is 104 Å². The Balaban J connectivity index is 1.67. The van der Waals surface area contributed by atoms with Crippen molar-refractivity contribution in [3.63, 3.8) is 0 Å². The van der Waals surface area contributed by atoms with Gasteiger partial charge in [0.25, 0.3) is 0 Å². The Bertz CT molecular complexity index is 978. The number of hydrogen-bond acceptors (Lipinski definition) is 6. The van der Waals surface area contributed by atoms with Gasteiger partial charge in [-0.05, 0) is 63.5 Å². The van der Waals surface area contributed by atoms with E-state index < -0.39 is 58.5 Å². The van der Waals surface area contributed by atoms with Crippen LogP contribution in [-0.4, -0.2) is 70.3 Å². The normalized spacial score (nSPS) is 45.1.